The molecule has 2 N–H and O–H groups in total. The van der Waals surface area contributed by atoms with Gasteiger partial charge >= 0.3 is 5.97 Å². The maximum Gasteiger partial charge on any atom is 0.337 e. The van der Waals surface area contributed by atoms with Crippen molar-refractivity contribution in [3.05, 3.63) is 29.3 Å². The molecule has 0 radical (unpaired) electrons. The second kappa shape index (κ2) is 5.84. The smallest absolute Gasteiger partial charge is 0.337 e. The number of ether oxygens (including phenoxy) is 1. The Morgan fingerprint density at radius 2 is 1.89 bits per heavy atom. The van der Waals surface area contributed by atoms with Crippen LogP contribution in [-0.4, -0.2) is 24.1 Å². The fourth-order valence-electron chi connectivity index (χ4n) is 1.41. The van der Waals surface area contributed by atoms with E-state index < -0.39 is 11.4 Å². The Bertz CT molecular complexity index is 489. The molecule has 0 spiro atoms. The van der Waals surface area contributed by atoms with Crippen molar-refractivity contribution in [2.45, 2.75) is 27.4 Å². The average molecular weight is 265 g/mol. The van der Waals surface area contributed by atoms with E-state index in [1.54, 1.807) is 26.8 Å². The molecule has 5 heteroatoms. The van der Waals surface area contributed by atoms with Crippen LogP contribution in [0.1, 0.15) is 36.7 Å². The molecular weight excluding hydrogens is 246 g/mol. The summed E-state index contributed by atoms with van der Waals surface area (Å²) >= 11 is 0. The number of anilines is 1. The van der Waals surface area contributed by atoms with Crippen LogP contribution >= 0.6 is 0 Å². The lowest BCUT2D eigenvalue weighted by Crippen LogP contribution is -2.27. The molecule has 5 nitrogen and oxygen atoms in total. The van der Waals surface area contributed by atoms with Crippen molar-refractivity contribution in [3.8, 4) is 0 Å². The molecule has 0 atom stereocenters. The third kappa shape index (κ3) is 4.06. The first-order valence-corrected chi connectivity index (χ1v) is 5.92. The number of aliphatic hydroxyl groups is 1. The number of rotatable bonds is 3. The molecule has 0 aliphatic carbocycles. The molecule has 0 fully saturated rings. The highest BCUT2D eigenvalue weighted by atomic mass is 16.5. The van der Waals surface area contributed by atoms with Gasteiger partial charge in [0, 0.05) is 11.1 Å². The number of amides is 1. The van der Waals surface area contributed by atoms with Crippen molar-refractivity contribution in [1.82, 2.24) is 0 Å². The molecule has 0 bridgehead atoms. The van der Waals surface area contributed by atoms with E-state index in [4.69, 9.17) is 0 Å². The van der Waals surface area contributed by atoms with Crippen molar-refractivity contribution in [2.24, 2.45) is 5.41 Å². The molecular formula is C14H19NO4. The second-order valence-electron chi connectivity index (χ2n) is 5.27. The zero-order chi connectivity index (χ0) is 14.6. The summed E-state index contributed by atoms with van der Waals surface area (Å²) in [5.41, 5.74) is 0.748. The Hall–Kier alpha value is -1.88. The largest absolute Gasteiger partial charge is 0.465 e. The van der Waals surface area contributed by atoms with E-state index in [-0.39, 0.29) is 12.5 Å². The van der Waals surface area contributed by atoms with Gasteiger partial charge in [-0.2, -0.15) is 0 Å². The van der Waals surface area contributed by atoms with Gasteiger partial charge in [0.2, 0.25) is 5.91 Å². The average Bonchev–Trinajstić information content (AvgIpc) is 2.36. The normalized spacial score (nSPS) is 11.0. The molecule has 0 aromatic heterocycles. The number of carbonyl (C=O) groups excluding carboxylic acids is 2. The third-order valence-corrected chi connectivity index (χ3v) is 2.54. The van der Waals surface area contributed by atoms with E-state index in [0.29, 0.717) is 16.8 Å². The van der Waals surface area contributed by atoms with Gasteiger partial charge in [-0.15, -0.1) is 0 Å². The maximum atomic E-state index is 11.9. The molecule has 0 aliphatic heterocycles. The van der Waals surface area contributed by atoms with Crippen molar-refractivity contribution < 1.29 is 19.4 Å². The highest BCUT2D eigenvalue weighted by molar-refractivity contribution is 5.97. The first-order valence-electron chi connectivity index (χ1n) is 5.92. The van der Waals surface area contributed by atoms with Crippen molar-refractivity contribution >= 4 is 17.6 Å². The number of nitrogens with one attached hydrogen (secondary N) is 1. The fourth-order valence-corrected chi connectivity index (χ4v) is 1.41. The molecule has 1 aromatic carbocycles. The van der Waals surface area contributed by atoms with Crippen LogP contribution in [0.5, 0.6) is 0 Å². The van der Waals surface area contributed by atoms with Gasteiger partial charge in [0.1, 0.15) is 0 Å². The molecule has 0 saturated heterocycles. The second-order valence-corrected chi connectivity index (χ2v) is 5.27. The first kappa shape index (κ1) is 15.2. The molecule has 0 aliphatic rings. The lowest BCUT2D eigenvalue weighted by molar-refractivity contribution is -0.123. The third-order valence-electron chi connectivity index (χ3n) is 2.54. The van der Waals surface area contributed by atoms with Gasteiger partial charge in [-0.1, -0.05) is 20.8 Å². The van der Waals surface area contributed by atoms with Crippen LogP contribution in [0.25, 0.3) is 0 Å². The first-order chi connectivity index (χ1) is 8.77. The Morgan fingerprint density at radius 3 is 2.37 bits per heavy atom. The number of aliphatic hydroxyl groups excluding tert-OH is 1. The minimum atomic E-state index is -0.541. The van der Waals surface area contributed by atoms with Crippen LogP contribution < -0.4 is 5.32 Å². The predicted octanol–water partition coefficient (Wildman–Crippen LogP) is 1.95. The van der Waals surface area contributed by atoms with Crippen LogP contribution in [0.4, 0.5) is 5.69 Å². The van der Waals surface area contributed by atoms with Gasteiger partial charge in [0.05, 0.1) is 19.3 Å². The topological polar surface area (TPSA) is 75.6 Å². The number of esters is 1. The lowest BCUT2D eigenvalue weighted by Gasteiger charge is -2.18. The number of methoxy groups -OCH3 is 1. The lowest BCUT2D eigenvalue weighted by atomic mass is 9.95. The Labute approximate surface area is 112 Å². The van der Waals surface area contributed by atoms with Crippen LogP contribution in [0, 0.1) is 5.41 Å². The molecule has 1 aromatic rings. The molecule has 19 heavy (non-hydrogen) atoms. The minimum absolute atomic E-state index is 0.168. The van der Waals surface area contributed by atoms with Crippen molar-refractivity contribution in [3.63, 3.8) is 0 Å². The van der Waals surface area contributed by atoms with Gasteiger partial charge in [0.15, 0.2) is 0 Å². The number of benzene rings is 1. The number of hydrogen-bond acceptors (Lipinski definition) is 4. The van der Waals surface area contributed by atoms with Gasteiger partial charge < -0.3 is 15.2 Å². The van der Waals surface area contributed by atoms with Gasteiger partial charge in [-0.3, -0.25) is 4.79 Å². The summed E-state index contributed by atoms with van der Waals surface area (Å²) in [6.07, 6.45) is 0. The van der Waals surface area contributed by atoms with E-state index in [2.05, 4.69) is 10.1 Å². The number of carbonyl (C=O) groups is 2. The summed E-state index contributed by atoms with van der Waals surface area (Å²) in [6.45, 7) is 5.15. The summed E-state index contributed by atoms with van der Waals surface area (Å²) in [5.74, 6) is -0.681. The summed E-state index contributed by atoms with van der Waals surface area (Å²) in [4.78, 5) is 23.4. The quantitative estimate of drug-likeness (QED) is 0.819. The van der Waals surface area contributed by atoms with E-state index in [1.807, 2.05) is 0 Å². The van der Waals surface area contributed by atoms with Gasteiger partial charge in [-0.25, -0.2) is 4.79 Å². The molecule has 0 unspecified atom stereocenters. The van der Waals surface area contributed by atoms with Gasteiger partial charge in [0.25, 0.3) is 0 Å². The standard InChI is InChI=1S/C14H19NO4/c1-14(2,3)13(18)15-11-6-9(8-16)5-10(7-11)12(17)19-4/h5-7,16H,8H2,1-4H3,(H,15,18). The molecule has 1 amide bonds. The summed E-state index contributed by atoms with van der Waals surface area (Å²) < 4.78 is 4.63. The summed E-state index contributed by atoms with van der Waals surface area (Å²) in [6, 6.07) is 4.67. The summed E-state index contributed by atoms with van der Waals surface area (Å²) in [7, 11) is 1.28. The number of hydrogen-bond donors (Lipinski definition) is 2. The zero-order valence-corrected chi connectivity index (χ0v) is 11.6. The molecule has 1 rings (SSSR count). The SMILES string of the molecule is COC(=O)c1cc(CO)cc(NC(=O)C(C)(C)C)c1. The summed E-state index contributed by atoms with van der Waals surface area (Å²) in [5, 5.41) is 11.9. The highest BCUT2D eigenvalue weighted by Crippen LogP contribution is 2.20. The van der Waals surface area contributed by atoms with Crippen LogP contribution in [0.15, 0.2) is 18.2 Å². The minimum Gasteiger partial charge on any atom is -0.465 e. The monoisotopic (exact) mass is 265 g/mol. The van der Waals surface area contributed by atoms with Crippen LogP contribution in [0.3, 0.4) is 0 Å². The predicted molar refractivity (Wildman–Crippen MR) is 71.8 cm³/mol. The maximum absolute atomic E-state index is 11.9. The zero-order valence-electron chi connectivity index (χ0n) is 11.6. The van der Waals surface area contributed by atoms with E-state index in [0.717, 1.165) is 0 Å². The van der Waals surface area contributed by atoms with E-state index in [1.165, 1.54) is 19.2 Å². The molecule has 104 valence electrons. The van der Waals surface area contributed by atoms with Crippen molar-refractivity contribution in [2.75, 3.05) is 12.4 Å². The van der Waals surface area contributed by atoms with Crippen molar-refractivity contribution in [1.29, 1.82) is 0 Å². The van der Waals surface area contributed by atoms with Crippen LogP contribution in [-0.2, 0) is 16.1 Å². The van der Waals surface area contributed by atoms with Gasteiger partial charge in [-0.05, 0) is 23.8 Å². The fraction of sp³-hybridized carbons (Fsp3) is 0.429. The Morgan fingerprint density at radius 1 is 1.26 bits per heavy atom. The molecule has 0 heterocycles. The van der Waals surface area contributed by atoms with E-state index >= 15 is 0 Å². The highest BCUT2D eigenvalue weighted by Gasteiger charge is 2.21. The molecule has 0 saturated carbocycles. The Balaban J connectivity index is 3.07. The van der Waals surface area contributed by atoms with Crippen LogP contribution in [0.2, 0.25) is 0 Å². The van der Waals surface area contributed by atoms with E-state index in [9.17, 15) is 14.7 Å². The Kier molecular flexibility index (Phi) is 4.67.